The summed E-state index contributed by atoms with van der Waals surface area (Å²) in [7, 11) is 0. The average molecular weight is 299 g/mol. The first-order valence-corrected chi connectivity index (χ1v) is 6.20. The molecule has 0 saturated heterocycles. The van der Waals surface area contributed by atoms with Crippen LogP contribution in [0.1, 0.15) is 31.7 Å². The number of benzene rings is 1. The van der Waals surface area contributed by atoms with Gasteiger partial charge in [0.15, 0.2) is 0 Å². The molecular weight excluding hydrogens is 284 g/mol. The Hall–Kier alpha value is -0.810. The second kappa shape index (κ2) is 6.09. The molecule has 0 radical (unpaired) electrons. The highest BCUT2D eigenvalue weighted by atomic mass is 35.5. The van der Waals surface area contributed by atoms with Gasteiger partial charge in [-0.2, -0.15) is 13.2 Å². The third-order valence-electron chi connectivity index (χ3n) is 2.78. The molecule has 0 bridgehead atoms. The summed E-state index contributed by atoms with van der Waals surface area (Å²) in [5.41, 5.74) is -0.957. The van der Waals surface area contributed by atoms with Crippen molar-refractivity contribution in [1.82, 2.24) is 0 Å². The quantitative estimate of drug-likeness (QED) is 0.793. The zero-order chi connectivity index (χ0) is 14.7. The summed E-state index contributed by atoms with van der Waals surface area (Å²) in [5, 5.41) is 9.93. The number of alkyl halides is 3. The zero-order valence-electron chi connectivity index (χ0n) is 10.4. The normalized spacial score (nSPS) is 15.3. The molecule has 0 aromatic heterocycles. The van der Waals surface area contributed by atoms with Crippen LogP contribution in [-0.4, -0.2) is 16.9 Å². The van der Waals surface area contributed by atoms with E-state index in [2.05, 4.69) is 0 Å². The zero-order valence-corrected chi connectivity index (χ0v) is 11.2. The molecule has 1 N–H and O–H groups in total. The molecule has 0 saturated carbocycles. The molecule has 0 heterocycles. The van der Waals surface area contributed by atoms with E-state index >= 15 is 0 Å². The molecule has 0 fully saturated rings. The highest BCUT2D eigenvalue weighted by Crippen LogP contribution is 2.29. The van der Waals surface area contributed by atoms with E-state index in [9.17, 15) is 22.7 Å². The predicted molar refractivity (Wildman–Crippen MR) is 65.6 cm³/mol. The second-order valence-corrected chi connectivity index (χ2v) is 5.23. The molecule has 0 spiro atoms. The SMILES string of the molecule is CC(O)(CCCC(F)(F)F)Cc1cccc(F)c1Cl. The van der Waals surface area contributed by atoms with Gasteiger partial charge in [0, 0.05) is 12.8 Å². The van der Waals surface area contributed by atoms with E-state index in [4.69, 9.17) is 11.6 Å². The van der Waals surface area contributed by atoms with Gasteiger partial charge in [-0.3, -0.25) is 0 Å². The summed E-state index contributed by atoms with van der Waals surface area (Å²) < 4.78 is 49.3. The third kappa shape index (κ3) is 5.78. The lowest BCUT2D eigenvalue weighted by Crippen LogP contribution is -2.28. The minimum atomic E-state index is -4.23. The Morgan fingerprint density at radius 2 is 1.84 bits per heavy atom. The fourth-order valence-corrected chi connectivity index (χ4v) is 2.05. The monoisotopic (exact) mass is 298 g/mol. The Balaban J connectivity index is 2.61. The van der Waals surface area contributed by atoms with E-state index in [1.54, 1.807) is 6.07 Å². The van der Waals surface area contributed by atoms with Gasteiger partial charge in [-0.1, -0.05) is 23.7 Å². The van der Waals surface area contributed by atoms with Crippen LogP contribution in [0.25, 0.3) is 0 Å². The first-order valence-electron chi connectivity index (χ1n) is 5.83. The Labute approximate surface area is 114 Å². The van der Waals surface area contributed by atoms with Gasteiger partial charge in [0.05, 0.1) is 10.6 Å². The van der Waals surface area contributed by atoms with Crippen LogP contribution in [0.15, 0.2) is 18.2 Å². The van der Waals surface area contributed by atoms with Gasteiger partial charge in [0.2, 0.25) is 0 Å². The van der Waals surface area contributed by atoms with Crippen molar-refractivity contribution < 1.29 is 22.7 Å². The molecule has 1 unspecified atom stereocenters. The van der Waals surface area contributed by atoms with Crippen LogP contribution in [-0.2, 0) is 6.42 Å². The van der Waals surface area contributed by atoms with Crippen molar-refractivity contribution in [2.75, 3.05) is 0 Å². The lowest BCUT2D eigenvalue weighted by Gasteiger charge is -2.24. The number of hydrogen-bond donors (Lipinski definition) is 1. The predicted octanol–water partition coefficient (Wildman–Crippen LogP) is 4.51. The summed E-state index contributed by atoms with van der Waals surface area (Å²) in [6.07, 6.45) is -5.36. The van der Waals surface area contributed by atoms with Crippen molar-refractivity contribution in [3.63, 3.8) is 0 Å². The number of hydrogen-bond acceptors (Lipinski definition) is 1. The van der Waals surface area contributed by atoms with Gasteiger partial charge in [0.25, 0.3) is 0 Å². The molecule has 0 amide bonds. The number of aliphatic hydroxyl groups is 1. The van der Waals surface area contributed by atoms with E-state index in [1.807, 2.05) is 0 Å². The Morgan fingerprint density at radius 1 is 1.21 bits per heavy atom. The fraction of sp³-hybridized carbons (Fsp3) is 0.538. The highest BCUT2D eigenvalue weighted by molar-refractivity contribution is 6.31. The lowest BCUT2D eigenvalue weighted by molar-refractivity contribution is -0.137. The van der Waals surface area contributed by atoms with Crippen molar-refractivity contribution in [2.24, 2.45) is 0 Å². The maximum absolute atomic E-state index is 13.2. The lowest BCUT2D eigenvalue weighted by atomic mass is 9.91. The fourth-order valence-electron chi connectivity index (χ4n) is 1.85. The van der Waals surface area contributed by atoms with E-state index in [0.29, 0.717) is 5.56 Å². The van der Waals surface area contributed by atoms with Crippen LogP contribution in [0.2, 0.25) is 5.02 Å². The van der Waals surface area contributed by atoms with E-state index < -0.39 is 24.0 Å². The van der Waals surface area contributed by atoms with Crippen LogP contribution in [0.3, 0.4) is 0 Å². The Kier molecular flexibility index (Phi) is 5.21. The minimum Gasteiger partial charge on any atom is -0.390 e. The van der Waals surface area contributed by atoms with Crippen molar-refractivity contribution in [2.45, 2.75) is 44.4 Å². The number of halogens is 5. The standard InChI is InChI=1S/C13H15ClF4O/c1-12(19,6-3-7-13(16,17)18)8-9-4-2-5-10(15)11(9)14/h2,4-5,19H,3,6-8H2,1H3. The van der Waals surface area contributed by atoms with Crippen molar-refractivity contribution in [3.8, 4) is 0 Å². The van der Waals surface area contributed by atoms with Gasteiger partial charge in [-0.15, -0.1) is 0 Å². The smallest absolute Gasteiger partial charge is 0.389 e. The summed E-state index contributed by atoms with van der Waals surface area (Å²) in [4.78, 5) is 0. The van der Waals surface area contributed by atoms with Gasteiger partial charge >= 0.3 is 6.18 Å². The summed E-state index contributed by atoms with van der Waals surface area (Å²) >= 11 is 5.74. The summed E-state index contributed by atoms with van der Waals surface area (Å²) in [6.45, 7) is 1.42. The third-order valence-corrected chi connectivity index (χ3v) is 3.20. The molecule has 19 heavy (non-hydrogen) atoms. The van der Waals surface area contributed by atoms with Gasteiger partial charge < -0.3 is 5.11 Å². The van der Waals surface area contributed by atoms with Crippen LogP contribution >= 0.6 is 11.6 Å². The van der Waals surface area contributed by atoms with Crippen LogP contribution in [0.5, 0.6) is 0 Å². The molecule has 0 aliphatic carbocycles. The van der Waals surface area contributed by atoms with Gasteiger partial charge in [-0.25, -0.2) is 4.39 Å². The molecule has 108 valence electrons. The average Bonchev–Trinajstić information content (AvgIpc) is 2.22. The Bertz CT molecular complexity index is 429. The summed E-state index contributed by atoms with van der Waals surface area (Å²) in [5.74, 6) is -0.606. The second-order valence-electron chi connectivity index (χ2n) is 4.86. The molecule has 1 rings (SSSR count). The van der Waals surface area contributed by atoms with E-state index in [-0.39, 0.29) is 24.3 Å². The topological polar surface area (TPSA) is 20.2 Å². The van der Waals surface area contributed by atoms with Gasteiger partial charge in [0.1, 0.15) is 5.82 Å². The largest absolute Gasteiger partial charge is 0.390 e. The first kappa shape index (κ1) is 16.2. The number of rotatable bonds is 5. The Morgan fingerprint density at radius 3 is 2.42 bits per heavy atom. The van der Waals surface area contributed by atoms with Crippen molar-refractivity contribution in [1.29, 1.82) is 0 Å². The minimum absolute atomic E-state index is 0.0153. The van der Waals surface area contributed by atoms with E-state index in [1.165, 1.54) is 19.1 Å². The maximum Gasteiger partial charge on any atom is 0.389 e. The highest BCUT2D eigenvalue weighted by Gasteiger charge is 2.29. The van der Waals surface area contributed by atoms with E-state index in [0.717, 1.165) is 0 Å². The molecule has 1 aromatic rings. The maximum atomic E-state index is 13.2. The van der Waals surface area contributed by atoms with Gasteiger partial charge in [-0.05, 0) is 31.4 Å². The molecule has 0 aliphatic rings. The molecule has 1 nitrogen and oxygen atoms in total. The molecule has 1 atom stereocenters. The first-order chi connectivity index (χ1) is 8.61. The molecule has 6 heteroatoms. The molecular formula is C13H15ClF4O. The summed E-state index contributed by atoms with van der Waals surface area (Å²) in [6, 6.07) is 4.18. The molecule has 0 aliphatic heterocycles. The van der Waals surface area contributed by atoms with Crippen LogP contribution in [0, 0.1) is 5.82 Å². The van der Waals surface area contributed by atoms with Crippen molar-refractivity contribution in [3.05, 3.63) is 34.6 Å². The van der Waals surface area contributed by atoms with Crippen LogP contribution in [0.4, 0.5) is 17.6 Å². The molecule has 1 aromatic carbocycles. The van der Waals surface area contributed by atoms with Crippen molar-refractivity contribution >= 4 is 11.6 Å². The van der Waals surface area contributed by atoms with Crippen LogP contribution < -0.4 is 0 Å².